The lowest BCUT2D eigenvalue weighted by Crippen LogP contribution is -2.68. The average molecular weight is 457 g/mol. The molecule has 1 aromatic carbocycles. The third-order valence-corrected chi connectivity index (χ3v) is 5.53. The van der Waals surface area contributed by atoms with E-state index in [0.29, 0.717) is 18.1 Å². The molecule has 140 valence electrons. The average Bonchev–Trinajstić information content (AvgIpc) is 3.01. The number of hydrogen-bond donors (Lipinski definition) is 2. The first-order chi connectivity index (χ1) is 11.5. The fourth-order valence-electron chi connectivity index (χ4n) is 4.14. The van der Waals surface area contributed by atoms with Gasteiger partial charge in [-0.25, -0.2) is 0 Å². The van der Waals surface area contributed by atoms with Gasteiger partial charge in [0.15, 0.2) is 5.96 Å². The van der Waals surface area contributed by atoms with Crippen LogP contribution in [0.3, 0.4) is 0 Å². The molecule has 3 atom stereocenters. The second-order valence-electron chi connectivity index (χ2n) is 7.68. The summed E-state index contributed by atoms with van der Waals surface area (Å²) in [6.45, 7) is 11.4. The molecule has 2 N–H and O–H groups in total. The molecule has 1 saturated carbocycles. The number of rotatable bonds is 5. The Balaban J connectivity index is 0.00000225. The number of nitrogens with one attached hydrogen (secondary N) is 2. The lowest BCUT2D eigenvalue weighted by Gasteiger charge is -2.54. The van der Waals surface area contributed by atoms with Crippen LogP contribution in [0.2, 0.25) is 0 Å². The molecule has 3 rings (SSSR count). The van der Waals surface area contributed by atoms with Gasteiger partial charge in [0.25, 0.3) is 0 Å². The summed E-state index contributed by atoms with van der Waals surface area (Å²) >= 11 is 0. The number of guanidine groups is 1. The lowest BCUT2D eigenvalue weighted by atomic mass is 9.57. The van der Waals surface area contributed by atoms with E-state index in [4.69, 9.17) is 9.73 Å². The minimum absolute atomic E-state index is 0. The van der Waals surface area contributed by atoms with E-state index in [-0.39, 0.29) is 29.4 Å². The van der Waals surface area contributed by atoms with Gasteiger partial charge < -0.3 is 15.4 Å². The molecule has 1 aromatic rings. The topological polar surface area (TPSA) is 45.7 Å². The first kappa shape index (κ1) is 20.5. The normalized spacial score (nSPS) is 27.0. The van der Waals surface area contributed by atoms with Crippen molar-refractivity contribution in [2.75, 3.05) is 19.7 Å². The number of fused-ring (bicyclic) bond motifs is 1. The number of aryl methyl sites for hydroxylation is 1. The monoisotopic (exact) mass is 457 g/mol. The van der Waals surface area contributed by atoms with E-state index in [2.05, 4.69) is 62.6 Å². The largest absolute Gasteiger partial charge is 0.377 e. The van der Waals surface area contributed by atoms with E-state index in [0.717, 1.165) is 38.5 Å². The highest BCUT2D eigenvalue weighted by Gasteiger charge is 2.59. The maximum absolute atomic E-state index is 5.89. The molecule has 2 aliphatic rings. The molecule has 1 aliphatic heterocycles. The summed E-state index contributed by atoms with van der Waals surface area (Å²) in [6, 6.07) is 9.17. The molecule has 25 heavy (non-hydrogen) atoms. The maximum atomic E-state index is 5.89. The summed E-state index contributed by atoms with van der Waals surface area (Å²) in [5.41, 5.74) is 2.82. The van der Waals surface area contributed by atoms with E-state index >= 15 is 0 Å². The molecule has 0 aromatic heterocycles. The van der Waals surface area contributed by atoms with Crippen molar-refractivity contribution in [1.29, 1.82) is 0 Å². The van der Waals surface area contributed by atoms with Gasteiger partial charge in [-0.2, -0.15) is 0 Å². The number of hydrogen-bond acceptors (Lipinski definition) is 2. The van der Waals surface area contributed by atoms with Crippen LogP contribution < -0.4 is 10.6 Å². The SMILES string of the molecule is CCNC(=NCCc1ccc(C)cc1)NC1C2CCOC2C1(C)C.I. The minimum Gasteiger partial charge on any atom is -0.377 e. The van der Waals surface area contributed by atoms with Crippen LogP contribution >= 0.6 is 24.0 Å². The molecule has 2 fully saturated rings. The Labute approximate surface area is 169 Å². The standard InChI is InChI=1S/C20H31N3O.HI/c1-5-21-19(22-12-10-15-8-6-14(2)7-9-15)23-17-16-11-13-24-18(16)20(17,3)4;/h6-9,16-18H,5,10-13H2,1-4H3,(H2,21,22,23);1H. The van der Waals surface area contributed by atoms with Gasteiger partial charge in [0.2, 0.25) is 0 Å². The second-order valence-corrected chi connectivity index (χ2v) is 7.68. The highest BCUT2D eigenvalue weighted by Crippen LogP contribution is 2.52. The molecule has 1 saturated heterocycles. The zero-order chi connectivity index (χ0) is 17.2. The van der Waals surface area contributed by atoms with Gasteiger partial charge in [0, 0.05) is 37.1 Å². The van der Waals surface area contributed by atoms with Gasteiger partial charge in [-0.15, -0.1) is 24.0 Å². The molecule has 0 bridgehead atoms. The zero-order valence-electron chi connectivity index (χ0n) is 15.8. The van der Waals surface area contributed by atoms with Crippen molar-refractivity contribution in [3.8, 4) is 0 Å². The van der Waals surface area contributed by atoms with Gasteiger partial charge >= 0.3 is 0 Å². The Kier molecular flexibility index (Phi) is 7.14. The Morgan fingerprint density at radius 2 is 2.00 bits per heavy atom. The molecule has 0 spiro atoms. The highest BCUT2D eigenvalue weighted by atomic mass is 127. The summed E-state index contributed by atoms with van der Waals surface area (Å²) in [6.07, 6.45) is 2.54. The molecule has 5 heteroatoms. The molecule has 1 heterocycles. The van der Waals surface area contributed by atoms with Crippen LogP contribution in [-0.4, -0.2) is 37.8 Å². The van der Waals surface area contributed by atoms with Gasteiger partial charge in [-0.1, -0.05) is 43.7 Å². The van der Waals surface area contributed by atoms with Crippen molar-refractivity contribution >= 4 is 29.9 Å². The van der Waals surface area contributed by atoms with E-state index < -0.39 is 0 Å². The molecule has 1 aliphatic carbocycles. The fourth-order valence-corrected chi connectivity index (χ4v) is 4.14. The van der Waals surface area contributed by atoms with E-state index in [1.165, 1.54) is 11.1 Å². The van der Waals surface area contributed by atoms with Crippen molar-refractivity contribution in [2.45, 2.75) is 52.7 Å². The number of ether oxygens (including phenoxy) is 1. The van der Waals surface area contributed by atoms with Crippen LogP contribution in [0.15, 0.2) is 29.3 Å². The number of halogens is 1. The highest BCUT2D eigenvalue weighted by molar-refractivity contribution is 14.0. The van der Waals surface area contributed by atoms with Crippen molar-refractivity contribution < 1.29 is 4.74 Å². The smallest absolute Gasteiger partial charge is 0.191 e. The Bertz CT molecular complexity index is 585. The van der Waals surface area contributed by atoms with Crippen molar-refractivity contribution in [3.63, 3.8) is 0 Å². The summed E-state index contributed by atoms with van der Waals surface area (Å²) < 4.78 is 5.89. The molecular formula is C20H32IN3O. The second kappa shape index (κ2) is 8.71. The number of aliphatic imine (C=N–C) groups is 1. The molecule has 0 radical (unpaired) electrons. The van der Waals surface area contributed by atoms with Gasteiger partial charge in [0.1, 0.15) is 0 Å². The third kappa shape index (κ3) is 4.48. The summed E-state index contributed by atoms with van der Waals surface area (Å²) in [5.74, 6) is 1.56. The van der Waals surface area contributed by atoms with Crippen molar-refractivity contribution in [2.24, 2.45) is 16.3 Å². The Morgan fingerprint density at radius 3 is 2.68 bits per heavy atom. The first-order valence-corrected chi connectivity index (χ1v) is 9.24. The minimum atomic E-state index is 0. The van der Waals surface area contributed by atoms with Crippen LogP contribution in [0.1, 0.15) is 38.3 Å². The Hall–Kier alpha value is -0.820. The zero-order valence-corrected chi connectivity index (χ0v) is 18.2. The van der Waals surface area contributed by atoms with E-state index in [1.807, 2.05) is 0 Å². The number of nitrogens with zero attached hydrogens (tertiary/aromatic N) is 1. The lowest BCUT2D eigenvalue weighted by molar-refractivity contribution is -0.106. The van der Waals surface area contributed by atoms with E-state index in [9.17, 15) is 0 Å². The van der Waals surface area contributed by atoms with Crippen molar-refractivity contribution in [1.82, 2.24) is 10.6 Å². The first-order valence-electron chi connectivity index (χ1n) is 9.24. The third-order valence-electron chi connectivity index (χ3n) is 5.53. The quantitative estimate of drug-likeness (QED) is 0.404. The summed E-state index contributed by atoms with van der Waals surface area (Å²) in [7, 11) is 0. The van der Waals surface area contributed by atoms with Gasteiger partial charge in [-0.05, 0) is 32.3 Å². The van der Waals surface area contributed by atoms with Crippen LogP contribution in [0.5, 0.6) is 0 Å². The van der Waals surface area contributed by atoms with Crippen LogP contribution in [0, 0.1) is 18.3 Å². The van der Waals surface area contributed by atoms with Gasteiger partial charge in [-0.3, -0.25) is 4.99 Å². The Morgan fingerprint density at radius 1 is 1.28 bits per heavy atom. The molecule has 0 amide bonds. The molecule has 3 unspecified atom stereocenters. The molecular weight excluding hydrogens is 425 g/mol. The predicted molar refractivity (Wildman–Crippen MR) is 115 cm³/mol. The van der Waals surface area contributed by atoms with Gasteiger partial charge in [0.05, 0.1) is 6.10 Å². The summed E-state index contributed by atoms with van der Waals surface area (Å²) in [5, 5.41) is 7.06. The summed E-state index contributed by atoms with van der Waals surface area (Å²) in [4.78, 5) is 4.79. The predicted octanol–water partition coefficient (Wildman–Crippen LogP) is 3.52. The van der Waals surface area contributed by atoms with Crippen LogP contribution in [0.25, 0.3) is 0 Å². The fraction of sp³-hybridized carbons (Fsp3) is 0.650. The molecule has 4 nitrogen and oxygen atoms in total. The van der Waals surface area contributed by atoms with Crippen molar-refractivity contribution in [3.05, 3.63) is 35.4 Å². The van der Waals surface area contributed by atoms with E-state index in [1.54, 1.807) is 0 Å². The maximum Gasteiger partial charge on any atom is 0.191 e. The van der Waals surface area contributed by atoms with Crippen LogP contribution in [-0.2, 0) is 11.2 Å². The number of benzene rings is 1. The van der Waals surface area contributed by atoms with Crippen LogP contribution in [0.4, 0.5) is 0 Å².